The molecule has 0 aliphatic carbocycles. The molecule has 0 spiro atoms. The highest BCUT2D eigenvalue weighted by atomic mass is 16.5. The Morgan fingerprint density at radius 2 is 1.92 bits per heavy atom. The van der Waals surface area contributed by atoms with Gasteiger partial charge in [-0.2, -0.15) is 0 Å². The predicted molar refractivity (Wildman–Crippen MR) is 100 cm³/mol. The van der Waals surface area contributed by atoms with Gasteiger partial charge in [-0.25, -0.2) is 0 Å². The SMILES string of the molecule is CNC(=O)c1cc(Oc2cc(NC(=O)C(C)C(C)N)ccc2C)ccn1. The number of hydrogen-bond donors (Lipinski definition) is 3. The van der Waals surface area contributed by atoms with E-state index in [1.165, 1.54) is 13.2 Å². The van der Waals surface area contributed by atoms with Crippen LogP contribution in [0.1, 0.15) is 29.9 Å². The lowest BCUT2D eigenvalue weighted by molar-refractivity contribution is -0.119. The molecule has 1 aromatic carbocycles. The molecule has 0 aliphatic heterocycles. The van der Waals surface area contributed by atoms with E-state index in [0.717, 1.165) is 5.56 Å². The molecule has 0 aliphatic rings. The van der Waals surface area contributed by atoms with Crippen molar-refractivity contribution in [1.29, 1.82) is 0 Å². The summed E-state index contributed by atoms with van der Waals surface area (Å²) in [4.78, 5) is 27.9. The molecule has 1 heterocycles. The summed E-state index contributed by atoms with van der Waals surface area (Å²) < 4.78 is 5.88. The zero-order valence-corrected chi connectivity index (χ0v) is 15.4. The second-order valence-electron chi connectivity index (χ2n) is 6.18. The van der Waals surface area contributed by atoms with Crippen LogP contribution in [0.3, 0.4) is 0 Å². The van der Waals surface area contributed by atoms with Crippen molar-refractivity contribution in [3.8, 4) is 11.5 Å². The fraction of sp³-hybridized carbons (Fsp3) is 0.316. The normalized spacial score (nSPS) is 12.8. The van der Waals surface area contributed by atoms with Crippen molar-refractivity contribution in [2.45, 2.75) is 26.8 Å². The van der Waals surface area contributed by atoms with Crippen LogP contribution in [0, 0.1) is 12.8 Å². The second kappa shape index (κ2) is 8.44. The molecule has 0 bridgehead atoms. The molecule has 1 aromatic heterocycles. The molecule has 2 amide bonds. The van der Waals surface area contributed by atoms with Gasteiger partial charge in [0, 0.05) is 37.1 Å². The number of ether oxygens (including phenoxy) is 1. The summed E-state index contributed by atoms with van der Waals surface area (Å²) in [5, 5.41) is 5.36. The van der Waals surface area contributed by atoms with Crippen LogP contribution in [0.4, 0.5) is 5.69 Å². The number of hydrogen-bond acceptors (Lipinski definition) is 5. The van der Waals surface area contributed by atoms with Gasteiger partial charge in [-0.1, -0.05) is 13.0 Å². The van der Waals surface area contributed by atoms with Gasteiger partial charge in [-0.15, -0.1) is 0 Å². The molecule has 26 heavy (non-hydrogen) atoms. The molecule has 138 valence electrons. The summed E-state index contributed by atoms with van der Waals surface area (Å²) in [5.74, 6) is 0.300. The average Bonchev–Trinajstić information content (AvgIpc) is 2.63. The van der Waals surface area contributed by atoms with Gasteiger partial charge in [-0.05, 0) is 31.5 Å². The van der Waals surface area contributed by atoms with Gasteiger partial charge in [0.1, 0.15) is 17.2 Å². The summed E-state index contributed by atoms with van der Waals surface area (Å²) in [6.07, 6.45) is 1.51. The van der Waals surface area contributed by atoms with Crippen molar-refractivity contribution in [1.82, 2.24) is 10.3 Å². The minimum atomic E-state index is -0.309. The number of aryl methyl sites for hydroxylation is 1. The third-order valence-corrected chi connectivity index (χ3v) is 4.08. The first-order valence-electron chi connectivity index (χ1n) is 8.35. The Morgan fingerprint density at radius 1 is 1.19 bits per heavy atom. The van der Waals surface area contributed by atoms with Crippen LogP contribution in [0.2, 0.25) is 0 Å². The van der Waals surface area contributed by atoms with Crippen LogP contribution in [0.5, 0.6) is 11.5 Å². The van der Waals surface area contributed by atoms with Crippen LogP contribution in [-0.2, 0) is 4.79 Å². The average molecular weight is 356 g/mol. The molecule has 2 aromatic rings. The predicted octanol–water partition coefficient (Wildman–Crippen LogP) is 2.46. The first-order chi connectivity index (χ1) is 12.3. The lowest BCUT2D eigenvalue weighted by Crippen LogP contribution is -2.34. The Bertz CT molecular complexity index is 805. The van der Waals surface area contributed by atoms with E-state index in [1.54, 1.807) is 38.1 Å². The summed E-state index contributed by atoms with van der Waals surface area (Å²) in [5.41, 5.74) is 7.54. The number of rotatable bonds is 6. The van der Waals surface area contributed by atoms with E-state index in [1.807, 2.05) is 13.0 Å². The topological polar surface area (TPSA) is 106 Å². The lowest BCUT2D eigenvalue weighted by atomic mass is 10.0. The number of anilines is 1. The van der Waals surface area contributed by atoms with Gasteiger partial charge >= 0.3 is 0 Å². The maximum atomic E-state index is 12.2. The van der Waals surface area contributed by atoms with E-state index in [9.17, 15) is 9.59 Å². The summed E-state index contributed by atoms with van der Waals surface area (Å²) >= 11 is 0. The van der Waals surface area contributed by atoms with Gasteiger partial charge in [0.05, 0.1) is 5.92 Å². The Morgan fingerprint density at radius 3 is 2.58 bits per heavy atom. The zero-order chi connectivity index (χ0) is 19.3. The lowest BCUT2D eigenvalue weighted by Gasteiger charge is -2.16. The maximum absolute atomic E-state index is 12.2. The summed E-state index contributed by atoms with van der Waals surface area (Å²) in [6.45, 7) is 5.47. The van der Waals surface area contributed by atoms with Crippen LogP contribution in [0.15, 0.2) is 36.5 Å². The van der Waals surface area contributed by atoms with E-state index in [4.69, 9.17) is 10.5 Å². The van der Waals surface area contributed by atoms with Crippen molar-refractivity contribution < 1.29 is 14.3 Å². The third-order valence-electron chi connectivity index (χ3n) is 4.08. The molecular weight excluding hydrogens is 332 g/mol. The number of nitrogens with zero attached hydrogens (tertiary/aromatic N) is 1. The molecule has 7 nitrogen and oxygen atoms in total. The van der Waals surface area contributed by atoms with Crippen LogP contribution < -0.4 is 21.1 Å². The number of benzene rings is 1. The van der Waals surface area contributed by atoms with Crippen LogP contribution >= 0.6 is 0 Å². The van der Waals surface area contributed by atoms with Gasteiger partial charge in [0.2, 0.25) is 5.91 Å². The van der Waals surface area contributed by atoms with Crippen molar-refractivity contribution in [3.05, 3.63) is 47.8 Å². The number of carbonyl (C=O) groups excluding carboxylic acids is 2. The van der Waals surface area contributed by atoms with E-state index >= 15 is 0 Å². The quantitative estimate of drug-likeness (QED) is 0.737. The molecule has 0 radical (unpaired) electrons. The monoisotopic (exact) mass is 356 g/mol. The maximum Gasteiger partial charge on any atom is 0.269 e. The van der Waals surface area contributed by atoms with Crippen LogP contribution in [-0.4, -0.2) is 29.9 Å². The van der Waals surface area contributed by atoms with Crippen LogP contribution in [0.25, 0.3) is 0 Å². The molecule has 2 rings (SSSR count). The minimum absolute atomic E-state index is 0.152. The molecule has 4 N–H and O–H groups in total. The highest BCUT2D eigenvalue weighted by molar-refractivity contribution is 5.93. The Labute approximate surface area is 153 Å². The van der Waals surface area contributed by atoms with Crippen molar-refractivity contribution in [3.63, 3.8) is 0 Å². The molecule has 7 heteroatoms. The fourth-order valence-corrected chi connectivity index (χ4v) is 2.14. The molecule has 0 saturated carbocycles. The largest absolute Gasteiger partial charge is 0.457 e. The number of nitrogens with two attached hydrogens (primary N) is 1. The molecule has 2 unspecified atom stereocenters. The first kappa shape index (κ1) is 19.4. The van der Waals surface area contributed by atoms with Crippen molar-refractivity contribution >= 4 is 17.5 Å². The third kappa shape index (κ3) is 4.80. The van der Waals surface area contributed by atoms with Crippen molar-refractivity contribution in [2.75, 3.05) is 12.4 Å². The second-order valence-corrected chi connectivity index (χ2v) is 6.18. The Balaban J connectivity index is 2.20. The van der Waals surface area contributed by atoms with Gasteiger partial charge < -0.3 is 21.1 Å². The highest BCUT2D eigenvalue weighted by Crippen LogP contribution is 2.28. The minimum Gasteiger partial charge on any atom is -0.457 e. The fourth-order valence-electron chi connectivity index (χ4n) is 2.14. The molecule has 2 atom stereocenters. The Kier molecular flexibility index (Phi) is 6.30. The number of amides is 2. The van der Waals surface area contributed by atoms with Gasteiger partial charge in [0.15, 0.2) is 0 Å². The standard InChI is InChI=1S/C19H24N4O3/c1-11-5-6-14(23-18(24)12(2)13(3)20)9-17(11)26-15-7-8-22-16(10-15)19(25)21-4/h5-10,12-13H,20H2,1-4H3,(H,21,25)(H,23,24). The number of nitrogens with one attached hydrogen (secondary N) is 2. The van der Waals surface area contributed by atoms with Gasteiger partial charge in [0.25, 0.3) is 5.91 Å². The van der Waals surface area contributed by atoms with E-state index in [2.05, 4.69) is 15.6 Å². The summed E-state index contributed by atoms with van der Waals surface area (Å²) in [6, 6.07) is 8.37. The zero-order valence-electron chi connectivity index (χ0n) is 15.4. The highest BCUT2D eigenvalue weighted by Gasteiger charge is 2.17. The number of pyridine rings is 1. The van der Waals surface area contributed by atoms with E-state index in [-0.39, 0.29) is 29.5 Å². The van der Waals surface area contributed by atoms with E-state index < -0.39 is 0 Å². The molecule has 0 fully saturated rings. The van der Waals surface area contributed by atoms with Crippen molar-refractivity contribution in [2.24, 2.45) is 11.7 Å². The molecule has 0 saturated heterocycles. The van der Waals surface area contributed by atoms with Gasteiger partial charge in [-0.3, -0.25) is 14.6 Å². The first-order valence-corrected chi connectivity index (χ1v) is 8.35. The number of aromatic nitrogens is 1. The molecular formula is C19H24N4O3. The Hall–Kier alpha value is -2.93. The number of carbonyl (C=O) groups is 2. The smallest absolute Gasteiger partial charge is 0.269 e. The van der Waals surface area contributed by atoms with E-state index in [0.29, 0.717) is 17.2 Å². The summed E-state index contributed by atoms with van der Waals surface area (Å²) in [7, 11) is 1.54.